The van der Waals surface area contributed by atoms with E-state index in [0.717, 1.165) is 32.8 Å². The number of hydrogen-bond acceptors (Lipinski definition) is 5. The van der Waals surface area contributed by atoms with Gasteiger partial charge in [-0.3, -0.25) is 14.5 Å². The summed E-state index contributed by atoms with van der Waals surface area (Å²) in [5, 5.41) is 5.67. The number of nitrogens with zero attached hydrogens (tertiary/aromatic N) is 1. The molecule has 2 amide bonds. The Hall–Kier alpha value is -2.12. The molecule has 3 rings (SSSR count). The van der Waals surface area contributed by atoms with Crippen LogP contribution in [-0.2, 0) is 9.53 Å². The first-order chi connectivity index (χ1) is 11.6. The summed E-state index contributed by atoms with van der Waals surface area (Å²) in [6.45, 7) is 7.14. The number of ether oxygens (including phenoxy) is 2. The summed E-state index contributed by atoms with van der Waals surface area (Å²) in [6, 6.07) is 5.06. The quantitative estimate of drug-likeness (QED) is 0.830. The van der Waals surface area contributed by atoms with Crippen molar-refractivity contribution < 1.29 is 19.1 Å². The Morgan fingerprint density at radius 3 is 2.96 bits per heavy atom. The SMILES string of the molecule is C[C@H](CNC(=O)c1ccc2c(c1)NC(=O)CO2)CN1CCOCC1. The van der Waals surface area contributed by atoms with Gasteiger partial charge in [0, 0.05) is 31.7 Å². The van der Waals surface area contributed by atoms with E-state index in [9.17, 15) is 9.59 Å². The largest absolute Gasteiger partial charge is 0.482 e. The lowest BCUT2D eigenvalue weighted by Crippen LogP contribution is -2.41. The van der Waals surface area contributed by atoms with Crippen LogP contribution in [0.4, 0.5) is 5.69 Å². The Balaban J connectivity index is 1.51. The van der Waals surface area contributed by atoms with E-state index in [1.807, 2.05) is 0 Å². The molecular formula is C17H23N3O4. The summed E-state index contributed by atoms with van der Waals surface area (Å²) in [6.07, 6.45) is 0. The lowest BCUT2D eigenvalue weighted by atomic mass is 10.1. The minimum atomic E-state index is -0.209. The molecule has 2 N–H and O–H groups in total. The molecule has 130 valence electrons. The predicted octanol–water partition coefficient (Wildman–Crippen LogP) is 0.716. The van der Waals surface area contributed by atoms with Crippen LogP contribution in [0.15, 0.2) is 18.2 Å². The Morgan fingerprint density at radius 1 is 1.38 bits per heavy atom. The highest BCUT2D eigenvalue weighted by molar-refractivity contribution is 5.99. The molecule has 0 radical (unpaired) electrons. The molecule has 0 aromatic heterocycles. The third kappa shape index (κ3) is 4.24. The van der Waals surface area contributed by atoms with Crippen LogP contribution >= 0.6 is 0 Å². The highest BCUT2D eigenvalue weighted by atomic mass is 16.5. The minimum absolute atomic E-state index is 0.0115. The van der Waals surface area contributed by atoms with Crippen LogP contribution in [0.1, 0.15) is 17.3 Å². The predicted molar refractivity (Wildman–Crippen MR) is 89.3 cm³/mol. The second kappa shape index (κ2) is 7.63. The standard InChI is InChI=1S/C17H23N3O4/c1-12(10-20-4-6-23-7-5-20)9-18-17(22)13-2-3-15-14(8-13)19-16(21)11-24-15/h2-3,8,12H,4-7,9-11H2,1H3,(H,18,22)(H,19,21)/t12-/m1/s1. The summed E-state index contributed by atoms with van der Waals surface area (Å²) < 4.78 is 10.6. The van der Waals surface area contributed by atoms with Crippen LogP contribution in [0.5, 0.6) is 5.75 Å². The van der Waals surface area contributed by atoms with Gasteiger partial charge in [0.05, 0.1) is 18.9 Å². The summed E-state index contributed by atoms with van der Waals surface area (Å²) >= 11 is 0. The third-order valence-electron chi connectivity index (χ3n) is 4.16. The highest BCUT2D eigenvalue weighted by Crippen LogP contribution is 2.28. The molecule has 0 saturated carbocycles. The Morgan fingerprint density at radius 2 is 2.17 bits per heavy atom. The van der Waals surface area contributed by atoms with E-state index in [4.69, 9.17) is 9.47 Å². The second-order valence-electron chi connectivity index (χ2n) is 6.28. The average molecular weight is 333 g/mol. The van der Waals surface area contributed by atoms with Crippen molar-refractivity contribution in [2.75, 3.05) is 51.3 Å². The van der Waals surface area contributed by atoms with E-state index in [2.05, 4.69) is 22.5 Å². The molecule has 1 atom stereocenters. The van der Waals surface area contributed by atoms with Crippen molar-refractivity contribution in [3.8, 4) is 5.75 Å². The van der Waals surface area contributed by atoms with Crippen molar-refractivity contribution in [2.24, 2.45) is 5.92 Å². The van der Waals surface area contributed by atoms with Crippen molar-refractivity contribution in [3.63, 3.8) is 0 Å². The normalized spacial score (nSPS) is 19.0. The molecular weight excluding hydrogens is 310 g/mol. The zero-order valence-electron chi connectivity index (χ0n) is 13.8. The third-order valence-corrected chi connectivity index (χ3v) is 4.16. The van der Waals surface area contributed by atoms with Gasteiger partial charge in [0.1, 0.15) is 5.75 Å². The van der Waals surface area contributed by atoms with E-state index >= 15 is 0 Å². The zero-order valence-corrected chi connectivity index (χ0v) is 13.8. The molecule has 2 aliphatic rings. The number of carbonyl (C=O) groups excluding carboxylic acids is 2. The van der Waals surface area contributed by atoms with E-state index in [0.29, 0.717) is 29.5 Å². The molecule has 2 aliphatic heterocycles. The van der Waals surface area contributed by atoms with E-state index < -0.39 is 0 Å². The zero-order chi connectivity index (χ0) is 16.9. The number of hydrogen-bond donors (Lipinski definition) is 2. The van der Waals surface area contributed by atoms with Crippen molar-refractivity contribution in [2.45, 2.75) is 6.92 Å². The number of rotatable bonds is 5. The van der Waals surface area contributed by atoms with Crippen LogP contribution in [0.2, 0.25) is 0 Å². The number of fused-ring (bicyclic) bond motifs is 1. The van der Waals surface area contributed by atoms with Gasteiger partial charge in [0.15, 0.2) is 6.61 Å². The van der Waals surface area contributed by atoms with Gasteiger partial charge in [-0.25, -0.2) is 0 Å². The molecule has 0 unspecified atom stereocenters. The number of carbonyl (C=O) groups is 2. The fourth-order valence-electron chi connectivity index (χ4n) is 2.88. The summed E-state index contributed by atoms with van der Waals surface area (Å²) in [7, 11) is 0. The first-order valence-corrected chi connectivity index (χ1v) is 8.27. The van der Waals surface area contributed by atoms with Gasteiger partial charge in [-0.2, -0.15) is 0 Å². The maximum absolute atomic E-state index is 12.3. The number of nitrogens with one attached hydrogen (secondary N) is 2. The van der Waals surface area contributed by atoms with Gasteiger partial charge in [-0.1, -0.05) is 6.92 Å². The monoisotopic (exact) mass is 333 g/mol. The summed E-state index contributed by atoms with van der Waals surface area (Å²) in [5.41, 5.74) is 1.05. The fraction of sp³-hybridized carbons (Fsp3) is 0.529. The van der Waals surface area contributed by atoms with Crippen molar-refractivity contribution in [1.29, 1.82) is 0 Å². The number of morpholine rings is 1. The van der Waals surface area contributed by atoms with E-state index in [-0.39, 0.29) is 18.4 Å². The lowest BCUT2D eigenvalue weighted by Gasteiger charge is -2.29. The Kier molecular flexibility index (Phi) is 5.32. The number of amides is 2. The maximum Gasteiger partial charge on any atom is 0.262 e. The second-order valence-corrected chi connectivity index (χ2v) is 6.28. The van der Waals surface area contributed by atoms with Gasteiger partial charge in [0.25, 0.3) is 11.8 Å². The van der Waals surface area contributed by atoms with Gasteiger partial charge in [0.2, 0.25) is 0 Å². The van der Waals surface area contributed by atoms with Crippen LogP contribution in [-0.4, -0.2) is 62.7 Å². The lowest BCUT2D eigenvalue weighted by molar-refractivity contribution is -0.118. The molecule has 0 spiro atoms. The maximum atomic E-state index is 12.3. The van der Waals surface area contributed by atoms with Crippen LogP contribution in [0.25, 0.3) is 0 Å². The molecule has 1 saturated heterocycles. The van der Waals surface area contributed by atoms with Crippen LogP contribution in [0.3, 0.4) is 0 Å². The molecule has 0 bridgehead atoms. The van der Waals surface area contributed by atoms with Gasteiger partial charge in [-0.05, 0) is 24.1 Å². The molecule has 7 nitrogen and oxygen atoms in total. The van der Waals surface area contributed by atoms with Crippen LogP contribution < -0.4 is 15.4 Å². The first kappa shape index (κ1) is 16.7. The summed E-state index contributed by atoms with van der Waals surface area (Å²) in [5.74, 6) is 0.588. The van der Waals surface area contributed by atoms with Gasteiger partial charge in [-0.15, -0.1) is 0 Å². The van der Waals surface area contributed by atoms with Crippen LogP contribution in [0, 0.1) is 5.92 Å². The van der Waals surface area contributed by atoms with Crippen molar-refractivity contribution in [1.82, 2.24) is 10.2 Å². The number of anilines is 1. The molecule has 7 heteroatoms. The van der Waals surface area contributed by atoms with E-state index in [1.54, 1.807) is 18.2 Å². The van der Waals surface area contributed by atoms with E-state index in [1.165, 1.54) is 0 Å². The number of benzene rings is 1. The Bertz CT molecular complexity index is 614. The first-order valence-electron chi connectivity index (χ1n) is 8.27. The molecule has 1 aromatic carbocycles. The van der Waals surface area contributed by atoms with Crippen molar-refractivity contribution >= 4 is 17.5 Å². The highest BCUT2D eigenvalue weighted by Gasteiger charge is 2.18. The Labute approximate surface area is 141 Å². The molecule has 24 heavy (non-hydrogen) atoms. The van der Waals surface area contributed by atoms with Gasteiger partial charge < -0.3 is 20.1 Å². The topological polar surface area (TPSA) is 79.9 Å². The minimum Gasteiger partial charge on any atom is -0.482 e. The van der Waals surface area contributed by atoms with Crippen molar-refractivity contribution in [3.05, 3.63) is 23.8 Å². The molecule has 1 aromatic rings. The fourth-order valence-corrected chi connectivity index (χ4v) is 2.88. The molecule has 1 fully saturated rings. The van der Waals surface area contributed by atoms with Gasteiger partial charge >= 0.3 is 0 Å². The molecule has 2 heterocycles. The smallest absolute Gasteiger partial charge is 0.262 e. The summed E-state index contributed by atoms with van der Waals surface area (Å²) in [4.78, 5) is 26.0. The average Bonchev–Trinajstić information content (AvgIpc) is 2.60. The molecule has 0 aliphatic carbocycles.